The van der Waals surface area contributed by atoms with E-state index in [2.05, 4.69) is 21.4 Å². The van der Waals surface area contributed by atoms with Crippen molar-refractivity contribution >= 4 is 35.3 Å². The fourth-order valence-corrected chi connectivity index (χ4v) is 3.03. The van der Waals surface area contributed by atoms with Crippen LogP contribution < -0.4 is 21.0 Å². The van der Waals surface area contributed by atoms with E-state index >= 15 is 0 Å². The first-order chi connectivity index (χ1) is 13.0. The first-order valence-corrected chi connectivity index (χ1v) is 8.90. The monoisotopic (exact) mass is 408 g/mol. The van der Waals surface area contributed by atoms with Gasteiger partial charge in [0, 0.05) is 11.6 Å². The fourth-order valence-electron chi connectivity index (χ4n) is 2.73. The van der Waals surface area contributed by atoms with Gasteiger partial charge in [0.15, 0.2) is 11.5 Å². The second kappa shape index (κ2) is 8.58. The minimum Gasteiger partial charge on any atom is -0.504 e. The van der Waals surface area contributed by atoms with Gasteiger partial charge in [-0.1, -0.05) is 35.3 Å². The molecule has 1 amide bonds. The molecule has 142 valence electrons. The lowest BCUT2D eigenvalue weighted by Gasteiger charge is -2.10. The van der Waals surface area contributed by atoms with Gasteiger partial charge in [0.25, 0.3) is 5.91 Å². The van der Waals surface area contributed by atoms with Crippen LogP contribution in [0, 0.1) is 0 Å². The molecule has 0 aliphatic carbocycles. The summed E-state index contributed by atoms with van der Waals surface area (Å²) in [5, 5.41) is 14.8. The number of phenolic OH excluding ortho intramolecular Hbond substituents is 1. The molecule has 4 N–H and O–H groups in total. The van der Waals surface area contributed by atoms with Crippen LogP contribution in [0.3, 0.4) is 0 Å². The van der Waals surface area contributed by atoms with Gasteiger partial charge in [-0.3, -0.25) is 4.79 Å². The van der Waals surface area contributed by atoms with E-state index < -0.39 is 6.04 Å². The van der Waals surface area contributed by atoms with Gasteiger partial charge in [-0.05, 0) is 36.2 Å². The smallest absolute Gasteiger partial charge is 0.258 e. The number of benzene rings is 2. The Labute approximate surface area is 166 Å². The lowest BCUT2D eigenvalue weighted by molar-refractivity contribution is -0.122. The van der Waals surface area contributed by atoms with Crippen molar-refractivity contribution in [3.63, 3.8) is 0 Å². The number of carbonyl (C=O) groups excluding carboxylic acids is 1. The summed E-state index contributed by atoms with van der Waals surface area (Å²) in [6.45, 7) is 0. The van der Waals surface area contributed by atoms with Crippen molar-refractivity contribution in [1.82, 2.24) is 16.3 Å². The highest BCUT2D eigenvalue weighted by Gasteiger charge is 2.30. The van der Waals surface area contributed by atoms with E-state index in [4.69, 9.17) is 27.9 Å². The molecule has 1 aliphatic heterocycles. The molecule has 27 heavy (non-hydrogen) atoms. The predicted molar refractivity (Wildman–Crippen MR) is 104 cm³/mol. The average molecular weight is 409 g/mol. The van der Waals surface area contributed by atoms with E-state index in [9.17, 15) is 9.90 Å². The number of aromatic hydroxyl groups is 1. The first kappa shape index (κ1) is 19.4. The van der Waals surface area contributed by atoms with Crippen molar-refractivity contribution in [2.45, 2.75) is 18.5 Å². The zero-order valence-corrected chi connectivity index (χ0v) is 15.9. The Balaban J connectivity index is 1.58. The number of methoxy groups -OCH3 is 1. The number of halogens is 2. The van der Waals surface area contributed by atoms with E-state index in [-0.39, 0.29) is 17.7 Å². The van der Waals surface area contributed by atoms with Gasteiger partial charge in [0.1, 0.15) is 6.04 Å². The molecule has 0 radical (unpaired) electrons. The van der Waals surface area contributed by atoms with Crippen LogP contribution in [0.4, 0.5) is 0 Å². The minimum atomic E-state index is -0.472. The van der Waals surface area contributed by atoms with Crippen LogP contribution in [0.2, 0.25) is 10.0 Å². The minimum absolute atomic E-state index is 0.0432. The molecular formula is C18H18Cl2N4O3. The number of phenols is 1. The Bertz CT molecular complexity index is 876. The van der Waals surface area contributed by atoms with Crippen LogP contribution in [0.5, 0.6) is 11.5 Å². The molecule has 1 fully saturated rings. The molecule has 0 saturated carbocycles. The number of nitrogens with zero attached hydrogens (tertiary/aromatic N) is 1. The standard InChI is InChI=1S/C18H18Cl2N4O3/c1-27-16-4-2-3-11(17(16)25)9-21-24-18(26)15-8-14(22-23-15)10-5-6-12(19)13(20)7-10/h2-7,9,14-15,22-23,25H,8H2,1H3,(H,24,26)/b21-9+. The Hall–Kier alpha value is -2.32. The highest BCUT2D eigenvalue weighted by Crippen LogP contribution is 2.29. The van der Waals surface area contributed by atoms with Crippen molar-refractivity contribution in [2.24, 2.45) is 5.10 Å². The van der Waals surface area contributed by atoms with Gasteiger partial charge in [-0.15, -0.1) is 0 Å². The topological polar surface area (TPSA) is 95.0 Å². The normalized spacial score (nSPS) is 19.4. The summed E-state index contributed by atoms with van der Waals surface area (Å²) >= 11 is 12.0. The third kappa shape index (κ3) is 4.51. The summed E-state index contributed by atoms with van der Waals surface area (Å²) in [5.74, 6) is -0.0153. The van der Waals surface area contributed by atoms with E-state index in [0.717, 1.165) is 5.56 Å². The largest absolute Gasteiger partial charge is 0.504 e. The SMILES string of the molecule is COc1cccc(/C=N/NC(=O)C2CC(c3ccc(Cl)c(Cl)c3)NN2)c1O. The van der Waals surface area contributed by atoms with Crippen LogP contribution in [-0.4, -0.2) is 30.4 Å². The third-order valence-corrected chi connectivity index (χ3v) is 4.93. The summed E-state index contributed by atoms with van der Waals surface area (Å²) in [4.78, 5) is 12.3. The van der Waals surface area contributed by atoms with Crippen LogP contribution in [0.15, 0.2) is 41.5 Å². The molecule has 2 atom stereocenters. The first-order valence-electron chi connectivity index (χ1n) is 8.14. The summed E-state index contributed by atoms with van der Waals surface area (Å²) < 4.78 is 5.03. The molecule has 0 spiro atoms. The van der Waals surface area contributed by atoms with Crippen LogP contribution in [-0.2, 0) is 4.79 Å². The number of hydrazone groups is 1. The molecule has 2 aromatic rings. The van der Waals surface area contributed by atoms with Crippen molar-refractivity contribution in [3.05, 3.63) is 57.6 Å². The van der Waals surface area contributed by atoms with Crippen molar-refractivity contribution in [1.29, 1.82) is 0 Å². The molecule has 1 aliphatic rings. The average Bonchev–Trinajstić information content (AvgIpc) is 3.15. The summed E-state index contributed by atoms with van der Waals surface area (Å²) in [6.07, 6.45) is 1.87. The maximum absolute atomic E-state index is 12.3. The van der Waals surface area contributed by atoms with Gasteiger partial charge >= 0.3 is 0 Å². The molecule has 0 aromatic heterocycles. The number of rotatable bonds is 5. The van der Waals surface area contributed by atoms with Crippen molar-refractivity contribution in [3.8, 4) is 11.5 Å². The highest BCUT2D eigenvalue weighted by molar-refractivity contribution is 6.42. The molecule has 1 heterocycles. The summed E-state index contributed by atoms with van der Waals surface area (Å²) in [7, 11) is 1.46. The lowest BCUT2D eigenvalue weighted by Crippen LogP contribution is -2.41. The number of para-hydroxylation sites is 1. The van der Waals surface area contributed by atoms with Gasteiger partial charge in [0.2, 0.25) is 0 Å². The van der Waals surface area contributed by atoms with Crippen LogP contribution >= 0.6 is 23.2 Å². The number of ether oxygens (including phenoxy) is 1. The highest BCUT2D eigenvalue weighted by atomic mass is 35.5. The molecule has 7 nitrogen and oxygen atoms in total. The zero-order valence-electron chi connectivity index (χ0n) is 14.4. The maximum Gasteiger partial charge on any atom is 0.258 e. The Kier molecular flexibility index (Phi) is 6.18. The molecule has 1 saturated heterocycles. The molecule has 0 bridgehead atoms. The number of carbonyl (C=O) groups is 1. The third-order valence-electron chi connectivity index (χ3n) is 4.19. The Morgan fingerprint density at radius 2 is 2.11 bits per heavy atom. The molecular weight excluding hydrogens is 391 g/mol. The zero-order chi connectivity index (χ0) is 19.4. The predicted octanol–water partition coefficient (Wildman–Crippen LogP) is 2.77. The molecule has 2 unspecified atom stereocenters. The summed E-state index contributed by atoms with van der Waals surface area (Å²) in [5.41, 5.74) is 9.82. The quantitative estimate of drug-likeness (QED) is 0.450. The number of nitrogens with one attached hydrogen (secondary N) is 3. The van der Waals surface area contributed by atoms with Gasteiger partial charge in [-0.2, -0.15) is 5.10 Å². The Morgan fingerprint density at radius 1 is 1.30 bits per heavy atom. The van der Waals surface area contributed by atoms with Gasteiger partial charge < -0.3 is 9.84 Å². The van der Waals surface area contributed by atoms with Crippen molar-refractivity contribution < 1.29 is 14.6 Å². The number of hydrazine groups is 1. The maximum atomic E-state index is 12.3. The summed E-state index contributed by atoms with van der Waals surface area (Å²) in [6, 6.07) is 9.80. The van der Waals surface area contributed by atoms with Crippen LogP contribution in [0.1, 0.15) is 23.6 Å². The molecule has 9 heteroatoms. The van der Waals surface area contributed by atoms with Crippen molar-refractivity contribution in [2.75, 3.05) is 7.11 Å². The second-order valence-electron chi connectivity index (χ2n) is 5.94. The van der Waals surface area contributed by atoms with Crippen LogP contribution in [0.25, 0.3) is 0 Å². The molecule has 3 rings (SSSR count). The van der Waals surface area contributed by atoms with E-state index in [1.165, 1.54) is 13.3 Å². The number of hydrogen-bond donors (Lipinski definition) is 4. The number of hydrogen-bond acceptors (Lipinski definition) is 6. The van der Waals surface area contributed by atoms with E-state index in [0.29, 0.717) is 27.8 Å². The second-order valence-corrected chi connectivity index (χ2v) is 6.75. The Morgan fingerprint density at radius 3 is 2.85 bits per heavy atom. The van der Waals surface area contributed by atoms with E-state index in [1.807, 2.05) is 6.07 Å². The van der Waals surface area contributed by atoms with Gasteiger partial charge in [0.05, 0.1) is 23.4 Å². The lowest BCUT2D eigenvalue weighted by atomic mass is 10.0. The number of amides is 1. The fraction of sp³-hybridized carbons (Fsp3) is 0.222. The van der Waals surface area contributed by atoms with Gasteiger partial charge in [-0.25, -0.2) is 16.3 Å². The molecule has 2 aromatic carbocycles. The van der Waals surface area contributed by atoms with E-state index in [1.54, 1.807) is 30.3 Å².